The van der Waals surface area contributed by atoms with Crippen LogP contribution in [-0.2, 0) is 4.55 Å². The molecule has 0 aliphatic carbocycles. The molecule has 1 heterocycles. The molecule has 2 rings (SSSR count). The van der Waals surface area contributed by atoms with Gasteiger partial charge in [-0.25, -0.2) is 9.48 Å². The lowest BCUT2D eigenvalue weighted by Crippen LogP contribution is -1.96. The SMILES string of the molecule is O=C(O)c1ccc2c(c1)nnn2CI. The summed E-state index contributed by atoms with van der Waals surface area (Å²) in [6.07, 6.45) is 0. The molecule has 1 aromatic carbocycles. The van der Waals surface area contributed by atoms with Crippen LogP contribution >= 0.6 is 22.6 Å². The first-order valence-electron chi connectivity index (χ1n) is 3.85. The van der Waals surface area contributed by atoms with Crippen molar-refractivity contribution in [2.24, 2.45) is 0 Å². The highest BCUT2D eigenvalue weighted by Crippen LogP contribution is 2.14. The first-order chi connectivity index (χ1) is 6.72. The molecule has 1 N–H and O–H groups in total. The minimum atomic E-state index is -0.948. The Morgan fingerprint density at radius 1 is 1.57 bits per heavy atom. The molecule has 5 nitrogen and oxygen atoms in total. The Kier molecular flexibility index (Phi) is 2.36. The average molecular weight is 303 g/mol. The first-order valence-corrected chi connectivity index (χ1v) is 5.37. The van der Waals surface area contributed by atoms with E-state index in [0.717, 1.165) is 5.52 Å². The van der Waals surface area contributed by atoms with E-state index in [0.29, 0.717) is 10.1 Å². The lowest BCUT2D eigenvalue weighted by Gasteiger charge is -1.95. The molecule has 0 saturated carbocycles. The smallest absolute Gasteiger partial charge is 0.335 e. The molecule has 2 aromatic rings. The molecule has 0 radical (unpaired) electrons. The Morgan fingerprint density at radius 2 is 2.36 bits per heavy atom. The van der Waals surface area contributed by atoms with Crippen LogP contribution < -0.4 is 0 Å². The molecular weight excluding hydrogens is 297 g/mol. The molecule has 0 atom stereocenters. The van der Waals surface area contributed by atoms with Crippen LogP contribution in [0, 0.1) is 0 Å². The second kappa shape index (κ2) is 3.52. The van der Waals surface area contributed by atoms with E-state index in [9.17, 15) is 4.79 Å². The van der Waals surface area contributed by atoms with Gasteiger partial charge in [0, 0.05) is 0 Å². The van der Waals surface area contributed by atoms with Gasteiger partial charge in [0.25, 0.3) is 0 Å². The second-order valence-corrected chi connectivity index (χ2v) is 3.40. The molecule has 0 amide bonds. The largest absolute Gasteiger partial charge is 0.478 e. The van der Waals surface area contributed by atoms with Gasteiger partial charge in [-0.1, -0.05) is 27.8 Å². The fourth-order valence-electron chi connectivity index (χ4n) is 1.19. The zero-order valence-electron chi connectivity index (χ0n) is 7.01. The van der Waals surface area contributed by atoms with Gasteiger partial charge >= 0.3 is 5.97 Å². The molecule has 14 heavy (non-hydrogen) atoms. The standard InChI is InChI=1S/C8H6IN3O2/c9-4-12-7-2-1-5(8(13)14)3-6(7)10-11-12/h1-3H,4H2,(H,13,14). The molecule has 0 unspecified atom stereocenters. The predicted molar refractivity (Wildman–Crippen MR) is 58.5 cm³/mol. The molecule has 0 bridgehead atoms. The summed E-state index contributed by atoms with van der Waals surface area (Å²) in [5.41, 5.74) is 1.70. The van der Waals surface area contributed by atoms with Crippen molar-refractivity contribution in [3.05, 3.63) is 23.8 Å². The number of carboxylic acid groups (broad SMARTS) is 1. The molecule has 1 aromatic heterocycles. The van der Waals surface area contributed by atoms with E-state index in [-0.39, 0.29) is 5.56 Å². The normalized spacial score (nSPS) is 10.6. The van der Waals surface area contributed by atoms with Crippen molar-refractivity contribution in [2.45, 2.75) is 4.55 Å². The van der Waals surface area contributed by atoms with E-state index in [1.807, 2.05) is 0 Å². The lowest BCUT2D eigenvalue weighted by molar-refractivity contribution is 0.0697. The summed E-state index contributed by atoms with van der Waals surface area (Å²) >= 11 is 2.16. The maximum Gasteiger partial charge on any atom is 0.335 e. The molecule has 0 spiro atoms. The molecule has 72 valence electrons. The first kappa shape index (κ1) is 9.38. The Hall–Kier alpha value is -1.18. The van der Waals surface area contributed by atoms with E-state index in [1.54, 1.807) is 16.8 Å². The van der Waals surface area contributed by atoms with Crippen LogP contribution in [0.25, 0.3) is 11.0 Å². The summed E-state index contributed by atoms with van der Waals surface area (Å²) in [6, 6.07) is 4.79. The Morgan fingerprint density at radius 3 is 3.00 bits per heavy atom. The number of aromatic carboxylic acids is 1. The van der Waals surface area contributed by atoms with Gasteiger partial charge < -0.3 is 5.11 Å². The van der Waals surface area contributed by atoms with Crippen molar-refractivity contribution in [3.8, 4) is 0 Å². The van der Waals surface area contributed by atoms with Crippen LogP contribution in [0.4, 0.5) is 0 Å². The van der Waals surface area contributed by atoms with Crippen LogP contribution in [0.5, 0.6) is 0 Å². The number of carboxylic acids is 1. The predicted octanol–water partition coefficient (Wildman–Crippen LogP) is 1.52. The van der Waals surface area contributed by atoms with Gasteiger partial charge in [-0.3, -0.25) is 0 Å². The average Bonchev–Trinajstić information content (AvgIpc) is 2.59. The van der Waals surface area contributed by atoms with Crippen LogP contribution in [0.2, 0.25) is 0 Å². The van der Waals surface area contributed by atoms with Crippen molar-refractivity contribution in [2.75, 3.05) is 0 Å². The third kappa shape index (κ3) is 1.45. The van der Waals surface area contributed by atoms with Gasteiger partial charge in [-0.05, 0) is 18.2 Å². The van der Waals surface area contributed by atoms with Crippen molar-refractivity contribution < 1.29 is 9.90 Å². The van der Waals surface area contributed by atoms with Gasteiger partial charge in [0.15, 0.2) is 0 Å². The highest BCUT2D eigenvalue weighted by atomic mass is 127. The molecule has 0 saturated heterocycles. The number of benzene rings is 1. The van der Waals surface area contributed by atoms with Gasteiger partial charge in [-0.15, -0.1) is 5.10 Å². The molecule has 6 heteroatoms. The summed E-state index contributed by atoms with van der Waals surface area (Å²) in [5, 5.41) is 16.5. The Balaban J connectivity index is 2.63. The minimum absolute atomic E-state index is 0.234. The summed E-state index contributed by atoms with van der Waals surface area (Å²) in [6.45, 7) is 0. The zero-order chi connectivity index (χ0) is 10.1. The number of halogens is 1. The van der Waals surface area contributed by atoms with Crippen LogP contribution in [0.15, 0.2) is 18.2 Å². The van der Waals surface area contributed by atoms with Crippen LogP contribution in [0.1, 0.15) is 10.4 Å². The van der Waals surface area contributed by atoms with Gasteiger partial charge in [0.2, 0.25) is 0 Å². The third-order valence-corrected chi connectivity index (χ3v) is 2.52. The number of hydrogen-bond donors (Lipinski definition) is 1. The lowest BCUT2D eigenvalue weighted by atomic mass is 10.2. The van der Waals surface area contributed by atoms with E-state index >= 15 is 0 Å². The maximum atomic E-state index is 10.7. The van der Waals surface area contributed by atoms with Crippen molar-refractivity contribution in [1.29, 1.82) is 0 Å². The summed E-state index contributed by atoms with van der Waals surface area (Å²) in [5.74, 6) is -0.948. The van der Waals surface area contributed by atoms with Crippen LogP contribution in [-0.4, -0.2) is 26.1 Å². The second-order valence-electron chi connectivity index (χ2n) is 2.72. The van der Waals surface area contributed by atoms with Crippen LogP contribution in [0.3, 0.4) is 0 Å². The quantitative estimate of drug-likeness (QED) is 0.675. The maximum absolute atomic E-state index is 10.7. The summed E-state index contributed by atoms with van der Waals surface area (Å²) in [4.78, 5) is 10.7. The highest BCUT2D eigenvalue weighted by molar-refractivity contribution is 14.1. The number of hydrogen-bond acceptors (Lipinski definition) is 3. The molecular formula is C8H6IN3O2. The fraction of sp³-hybridized carbons (Fsp3) is 0.125. The van der Waals surface area contributed by atoms with E-state index in [1.165, 1.54) is 6.07 Å². The van der Waals surface area contributed by atoms with Crippen molar-refractivity contribution >= 4 is 39.6 Å². The van der Waals surface area contributed by atoms with E-state index < -0.39 is 5.97 Å². The summed E-state index contributed by atoms with van der Waals surface area (Å²) < 4.78 is 2.40. The van der Waals surface area contributed by atoms with E-state index in [2.05, 4.69) is 32.9 Å². The number of nitrogens with zero attached hydrogens (tertiary/aromatic N) is 3. The van der Waals surface area contributed by atoms with Gasteiger partial charge in [-0.2, -0.15) is 0 Å². The monoisotopic (exact) mass is 303 g/mol. The van der Waals surface area contributed by atoms with Gasteiger partial charge in [0.05, 0.1) is 15.6 Å². The number of rotatable bonds is 2. The summed E-state index contributed by atoms with van der Waals surface area (Å²) in [7, 11) is 0. The number of alkyl halides is 1. The fourth-order valence-corrected chi connectivity index (χ4v) is 1.70. The number of carbonyl (C=O) groups is 1. The number of fused-ring (bicyclic) bond motifs is 1. The van der Waals surface area contributed by atoms with Crippen molar-refractivity contribution in [3.63, 3.8) is 0 Å². The topological polar surface area (TPSA) is 68.0 Å². The molecule has 0 aliphatic heterocycles. The highest BCUT2D eigenvalue weighted by Gasteiger charge is 2.07. The Labute approximate surface area is 92.9 Å². The third-order valence-electron chi connectivity index (χ3n) is 1.87. The minimum Gasteiger partial charge on any atom is -0.478 e. The molecule has 0 aliphatic rings. The number of aromatic nitrogens is 3. The van der Waals surface area contributed by atoms with Crippen molar-refractivity contribution in [1.82, 2.24) is 15.0 Å². The Bertz CT molecular complexity index is 494. The zero-order valence-corrected chi connectivity index (χ0v) is 9.17. The van der Waals surface area contributed by atoms with E-state index in [4.69, 9.17) is 5.11 Å². The van der Waals surface area contributed by atoms with Gasteiger partial charge in [0.1, 0.15) is 5.52 Å². The molecule has 0 fully saturated rings.